The molecule has 0 bridgehead atoms. The van der Waals surface area contributed by atoms with E-state index in [0.29, 0.717) is 0 Å². The molecule has 0 unspecified atom stereocenters. The fourth-order valence-electron chi connectivity index (χ4n) is 1.93. The Morgan fingerprint density at radius 1 is 1.07 bits per heavy atom. The summed E-state index contributed by atoms with van der Waals surface area (Å²) in [7, 11) is 4.17. The first-order chi connectivity index (χ1) is 7.10. The Balaban J connectivity index is 3.00. The number of benzene rings is 1. The molecule has 1 aromatic carbocycles. The van der Waals surface area contributed by atoms with E-state index in [4.69, 9.17) is 0 Å². The number of hydrogen-bond donors (Lipinski definition) is 0. The van der Waals surface area contributed by atoms with Crippen LogP contribution in [0.15, 0.2) is 18.2 Å². The summed E-state index contributed by atoms with van der Waals surface area (Å²) in [5, 5.41) is 0. The summed E-state index contributed by atoms with van der Waals surface area (Å²) in [6.45, 7) is 8.69. The van der Waals surface area contributed by atoms with E-state index in [-0.39, 0.29) is 0 Å². The van der Waals surface area contributed by atoms with E-state index in [1.54, 1.807) is 0 Å². The van der Waals surface area contributed by atoms with Crippen molar-refractivity contribution in [3.63, 3.8) is 0 Å². The molecule has 0 amide bonds. The highest BCUT2D eigenvalue weighted by Gasteiger charge is 2.05. The highest BCUT2D eigenvalue weighted by molar-refractivity contribution is 5.60. The fraction of sp³-hybridized carbons (Fsp3) is 0.538. The SMILES string of the molecule is CCN(CC)c1ccc(N(C)C)c(C)c1. The number of rotatable bonds is 4. The van der Waals surface area contributed by atoms with Gasteiger partial charge in [0.1, 0.15) is 0 Å². The summed E-state index contributed by atoms with van der Waals surface area (Å²) < 4.78 is 0. The monoisotopic (exact) mass is 206 g/mol. The van der Waals surface area contributed by atoms with Crippen LogP contribution >= 0.6 is 0 Å². The van der Waals surface area contributed by atoms with Crippen molar-refractivity contribution in [2.45, 2.75) is 20.8 Å². The predicted octanol–water partition coefficient (Wildman–Crippen LogP) is 2.91. The second kappa shape index (κ2) is 5.06. The van der Waals surface area contributed by atoms with E-state index in [1.165, 1.54) is 16.9 Å². The molecule has 1 rings (SSSR count). The van der Waals surface area contributed by atoms with Gasteiger partial charge in [-0.3, -0.25) is 0 Å². The highest BCUT2D eigenvalue weighted by Crippen LogP contribution is 2.24. The van der Waals surface area contributed by atoms with Gasteiger partial charge in [-0.2, -0.15) is 0 Å². The molecule has 0 aromatic heterocycles. The number of anilines is 2. The van der Waals surface area contributed by atoms with E-state index in [2.05, 4.69) is 62.9 Å². The van der Waals surface area contributed by atoms with Crippen molar-refractivity contribution in [3.05, 3.63) is 23.8 Å². The van der Waals surface area contributed by atoms with E-state index in [1.807, 2.05) is 0 Å². The standard InChI is InChI=1S/C13H22N2/c1-6-15(7-2)12-8-9-13(14(4)5)11(3)10-12/h8-10H,6-7H2,1-5H3. The minimum atomic E-state index is 1.07. The molecule has 2 nitrogen and oxygen atoms in total. The minimum absolute atomic E-state index is 1.07. The second-order valence-corrected chi connectivity index (χ2v) is 4.04. The van der Waals surface area contributed by atoms with Gasteiger partial charge in [-0.25, -0.2) is 0 Å². The van der Waals surface area contributed by atoms with Crippen LogP contribution in [-0.4, -0.2) is 27.2 Å². The van der Waals surface area contributed by atoms with Crippen molar-refractivity contribution in [2.75, 3.05) is 37.0 Å². The maximum absolute atomic E-state index is 2.37. The zero-order valence-corrected chi connectivity index (χ0v) is 10.5. The van der Waals surface area contributed by atoms with E-state index in [9.17, 15) is 0 Å². The maximum Gasteiger partial charge on any atom is 0.0392 e. The summed E-state index contributed by atoms with van der Waals surface area (Å²) in [6, 6.07) is 6.67. The van der Waals surface area contributed by atoms with Crippen molar-refractivity contribution < 1.29 is 0 Å². The average molecular weight is 206 g/mol. The van der Waals surface area contributed by atoms with Crippen LogP contribution in [0.1, 0.15) is 19.4 Å². The highest BCUT2D eigenvalue weighted by atomic mass is 15.1. The summed E-state index contributed by atoms with van der Waals surface area (Å²) in [5.41, 5.74) is 3.96. The van der Waals surface area contributed by atoms with Crippen LogP contribution < -0.4 is 9.80 Å². The molecule has 0 heterocycles. The fourth-order valence-corrected chi connectivity index (χ4v) is 1.93. The van der Waals surface area contributed by atoms with Crippen molar-refractivity contribution in [1.82, 2.24) is 0 Å². The molecule has 0 radical (unpaired) electrons. The molecule has 0 aliphatic rings. The van der Waals surface area contributed by atoms with Gasteiger partial charge >= 0.3 is 0 Å². The van der Waals surface area contributed by atoms with Crippen molar-refractivity contribution in [3.8, 4) is 0 Å². The molecular formula is C13H22N2. The zero-order chi connectivity index (χ0) is 11.4. The molecular weight excluding hydrogens is 184 g/mol. The van der Waals surface area contributed by atoms with E-state index < -0.39 is 0 Å². The lowest BCUT2D eigenvalue weighted by molar-refractivity contribution is 0.865. The molecule has 0 atom stereocenters. The Bertz CT molecular complexity index is 314. The summed E-state index contributed by atoms with van der Waals surface area (Å²) in [4.78, 5) is 4.52. The first kappa shape index (κ1) is 11.9. The lowest BCUT2D eigenvalue weighted by Crippen LogP contribution is -2.22. The largest absolute Gasteiger partial charge is 0.377 e. The van der Waals surface area contributed by atoms with Crippen molar-refractivity contribution >= 4 is 11.4 Å². The van der Waals surface area contributed by atoms with E-state index >= 15 is 0 Å². The van der Waals surface area contributed by atoms with Crippen LogP contribution in [-0.2, 0) is 0 Å². The van der Waals surface area contributed by atoms with Gasteiger partial charge in [0.05, 0.1) is 0 Å². The third kappa shape index (κ3) is 2.65. The molecule has 0 N–H and O–H groups in total. The summed E-state index contributed by atoms with van der Waals surface area (Å²) >= 11 is 0. The molecule has 1 aromatic rings. The number of nitrogens with zero attached hydrogens (tertiary/aromatic N) is 2. The molecule has 0 saturated carbocycles. The van der Waals surface area contributed by atoms with Crippen LogP contribution in [0.3, 0.4) is 0 Å². The quantitative estimate of drug-likeness (QED) is 0.747. The zero-order valence-electron chi connectivity index (χ0n) is 10.5. The van der Waals surface area contributed by atoms with Gasteiger partial charge in [-0.05, 0) is 44.5 Å². The molecule has 0 saturated heterocycles. The first-order valence-corrected chi connectivity index (χ1v) is 5.63. The van der Waals surface area contributed by atoms with Gasteiger partial charge in [0, 0.05) is 38.6 Å². The van der Waals surface area contributed by atoms with Gasteiger partial charge in [0.2, 0.25) is 0 Å². The van der Waals surface area contributed by atoms with Gasteiger partial charge in [-0.15, -0.1) is 0 Å². The smallest absolute Gasteiger partial charge is 0.0392 e. The second-order valence-electron chi connectivity index (χ2n) is 4.04. The Hall–Kier alpha value is -1.18. The van der Waals surface area contributed by atoms with Gasteiger partial charge in [0.25, 0.3) is 0 Å². The van der Waals surface area contributed by atoms with E-state index in [0.717, 1.165) is 13.1 Å². The number of aryl methyl sites for hydroxylation is 1. The van der Waals surface area contributed by atoms with Crippen LogP contribution in [0.25, 0.3) is 0 Å². The van der Waals surface area contributed by atoms with Gasteiger partial charge < -0.3 is 9.80 Å². The molecule has 0 aliphatic carbocycles. The average Bonchev–Trinajstić information content (AvgIpc) is 2.19. The van der Waals surface area contributed by atoms with Crippen LogP contribution in [0.2, 0.25) is 0 Å². The summed E-state index contributed by atoms with van der Waals surface area (Å²) in [5.74, 6) is 0. The molecule has 0 spiro atoms. The minimum Gasteiger partial charge on any atom is -0.377 e. The number of hydrogen-bond acceptors (Lipinski definition) is 2. The lowest BCUT2D eigenvalue weighted by Gasteiger charge is -2.23. The topological polar surface area (TPSA) is 6.48 Å². The Labute approximate surface area is 93.5 Å². The van der Waals surface area contributed by atoms with Crippen LogP contribution in [0.5, 0.6) is 0 Å². The Kier molecular flexibility index (Phi) is 4.01. The normalized spacial score (nSPS) is 10.2. The maximum atomic E-state index is 2.37. The van der Waals surface area contributed by atoms with Crippen molar-refractivity contribution in [1.29, 1.82) is 0 Å². The van der Waals surface area contributed by atoms with Crippen LogP contribution in [0, 0.1) is 6.92 Å². The lowest BCUT2D eigenvalue weighted by atomic mass is 10.1. The van der Waals surface area contributed by atoms with Gasteiger partial charge in [0.15, 0.2) is 0 Å². The third-order valence-corrected chi connectivity index (χ3v) is 2.79. The molecule has 0 aliphatic heterocycles. The molecule has 84 valence electrons. The predicted molar refractivity (Wildman–Crippen MR) is 69.1 cm³/mol. The van der Waals surface area contributed by atoms with Crippen LogP contribution in [0.4, 0.5) is 11.4 Å². The summed E-state index contributed by atoms with van der Waals surface area (Å²) in [6.07, 6.45) is 0. The molecule has 2 heteroatoms. The molecule has 15 heavy (non-hydrogen) atoms. The van der Waals surface area contributed by atoms with Crippen molar-refractivity contribution in [2.24, 2.45) is 0 Å². The molecule has 0 fully saturated rings. The Morgan fingerprint density at radius 3 is 2.07 bits per heavy atom. The first-order valence-electron chi connectivity index (χ1n) is 5.63. The van der Waals surface area contributed by atoms with Gasteiger partial charge in [-0.1, -0.05) is 0 Å². The third-order valence-electron chi connectivity index (χ3n) is 2.79. The Morgan fingerprint density at radius 2 is 1.67 bits per heavy atom.